The summed E-state index contributed by atoms with van der Waals surface area (Å²) in [6.07, 6.45) is 0.549. The van der Waals surface area contributed by atoms with Gasteiger partial charge in [-0.15, -0.1) is 0 Å². The Labute approximate surface area is 242 Å². The number of ether oxygens (including phenoxy) is 2. The molecule has 0 radical (unpaired) electrons. The number of nitrogens with zero attached hydrogens (tertiary/aromatic N) is 3. The number of aromatic nitrogens is 2. The minimum absolute atomic E-state index is 0.181. The second kappa shape index (κ2) is 13.9. The standard InChI is InChI=1S/C31H41N5O5/c1-8-41-29(38)23-11-13-24(14-12-23)32-30(39)35(16-9-17-40-7)20-28(37)33-27-19-26(31(4,5)6)34-36(27)25-15-10-21(2)18-22(25)3/h10-15,18-19H,8-9,16-17,20H2,1-7H3,(H,32,39)(H,33,37). The average Bonchev–Trinajstić information content (AvgIpc) is 3.32. The molecule has 0 aliphatic heterocycles. The molecule has 2 N–H and O–H groups in total. The molecule has 0 unspecified atom stereocenters. The number of esters is 1. The lowest BCUT2D eigenvalue weighted by atomic mass is 9.92. The molecular formula is C31H41N5O5. The number of carbonyl (C=O) groups is 3. The van der Waals surface area contributed by atoms with Gasteiger partial charge in [0.05, 0.1) is 23.6 Å². The summed E-state index contributed by atoms with van der Waals surface area (Å²) in [6.45, 7) is 12.8. The first-order valence-corrected chi connectivity index (χ1v) is 13.7. The van der Waals surface area contributed by atoms with Crippen molar-refractivity contribution in [1.29, 1.82) is 0 Å². The van der Waals surface area contributed by atoms with Crippen molar-refractivity contribution >= 4 is 29.4 Å². The summed E-state index contributed by atoms with van der Waals surface area (Å²) in [7, 11) is 1.59. The van der Waals surface area contributed by atoms with Crippen molar-refractivity contribution in [3.8, 4) is 5.69 Å². The maximum absolute atomic E-state index is 13.3. The lowest BCUT2D eigenvalue weighted by molar-refractivity contribution is -0.116. The number of aryl methyl sites for hydroxylation is 2. The molecule has 1 heterocycles. The molecule has 0 fully saturated rings. The lowest BCUT2D eigenvalue weighted by Gasteiger charge is -2.23. The highest BCUT2D eigenvalue weighted by atomic mass is 16.5. The zero-order valence-electron chi connectivity index (χ0n) is 25.0. The third-order valence-electron chi connectivity index (χ3n) is 6.37. The van der Waals surface area contributed by atoms with Gasteiger partial charge >= 0.3 is 12.0 Å². The van der Waals surface area contributed by atoms with Gasteiger partial charge < -0.3 is 25.0 Å². The van der Waals surface area contributed by atoms with Crippen LogP contribution in [0.4, 0.5) is 16.3 Å². The molecule has 0 atom stereocenters. The van der Waals surface area contributed by atoms with Crippen molar-refractivity contribution in [2.24, 2.45) is 0 Å². The maximum Gasteiger partial charge on any atom is 0.338 e. The number of benzene rings is 2. The molecule has 220 valence electrons. The lowest BCUT2D eigenvalue weighted by Crippen LogP contribution is -2.41. The van der Waals surface area contributed by atoms with Crippen LogP contribution in [0.1, 0.15) is 61.3 Å². The Morgan fingerprint density at radius 2 is 1.71 bits per heavy atom. The van der Waals surface area contributed by atoms with Crippen molar-refractivity contribution in [2.45, 2.75) is 53.4 Å². The van der Waals surface area contributed by atoms with Crippen LogP contribution in [0.2, 0.25) is 0 Å². The Morgan fingerprint density at radius 3 is 2.32 bits per heavy atom. The minimum Gasteiger partial charge on any atom is -0.462 e. The van der Waals surface area contributed by atoms with Crippen molar-refractivity contribution in [3.05, 3.63) is 70.9 Å². The smallest absolute Gasteiger partial charge is 0.338 e. The van der Waals surface area contributed by atoms with Gasteiger partial charge in [0.15, 0.2) is 0 Å². The number of amides is 3. The van der Waals surface area contributed by atoms with Crippen LogP contribution < -0.4 is 10.6 Å². The second-order valence-electron chi connectivity index (χ2n) is 10.9. The van der Waals surface area contributed by atoms with E-state index in [1.165, 1.54) is 4.90 Å². The van der Waals surface area contributed by atoms with E-state index in [2.05, 4.69) is 37.5 Å². The van der Waals surface area contributed by atoms with Gasteiger partial charge in [-0.1, -0.05) is 38.5 Å². The Bertz CT molecular complexity index is 1360. The van der Waals surface area contributed by atoms with Gasteiger partial charge in [0.25, 0.3) is 0 Å². The molecule has 3 amide bonds. The zero-order valence-corrected chi connectivity index (χ0v) is 25.0. The van der Waals surface area contributed by atoms with Crippen LogP contribution in [-0.2, 0) is 19.7 Å². The Morgan fingerprint density at radius 1 is 1.00 bits per heavy atom. The maximum atomic E-state index is 13.3. The molecule has 0 spiro atoms. The summed E-state index contributed by atoms with van der Waals surface area (Å²) in [5.74, 6) is -0.266. The highest BCUT2D eigenvalue weighted by Gasteiger charge is 2.24. The number of methoxy groups -OCH3 is 1. The van der Waals surface area contributed by atoms with Crippen LogP contribution in [0.15, 0.2) is 48.5 Å². The SMILES string of the molecule is CCOC(=O)c1ccc(NC(=O)N(CCCOC)CC(=O)Nc2cc(C(C)(C)C)nn2-c2ccc(C)cc2C)cc1. The largest absolute Gasteiger partial charge is 0.462 e. The van der Waals surface area contributed by atoms with E-state index in [0.717, 1.165) is 22.5 Å². The Hall–Kier alpha value is -4.18. The van der Waals surface area contributed by atoms with Crippen LogP contribution in [0.25, 0.3) is 5.69 Å². The Kier molecular flexibility index (Phi) is 10.7. The first kappa shape index (κ1) is 31.3. The van der Waals surface area contributed by atoms with Crippen molar-refractivity contribution in [2.75, 3.05) is 44.0 Å². The van der Waals surface area contributed by atoms with Crippen LogP contribution in [0.3, 0.4) is 0 Å². The normalized spacial score (nSPS) is 11.2. The highest BCUT2D eigenvalue weighted by molar-refractivity contribution is 5.97. The van der Waals surface area contributed by atoms with Gasteiger partial charge in [0, 0.05) is 37.4 Å². The summed E-state index contributed by atoms with van der Waals surface area (Å²) >= 11 is 0. The van der Waals surface area contributed by atoms with E-state index in [0.29, 0.717) is 36.6 Å². The summed E-state index contributed by atoms with van der Waals surface area (Å²) in [6, 6.07) is 13.9. The van der Waals surface area contributed by atoms with Gasteiger partial charge in [-0.3, -0.25) is 4.79 Å². The van der Waals surface area contributed by atoms with E-state index in [1.54, 1.807) is 43.0 Å². The molecule has 41 heavy (non-hydrogen) atoms. The van der Waals surface area contributed by atoms with E-state index in [-0.39, 0.29) is 24.5 Å². The summed E-state index contributed by atoms with van der Waals surface area (Å²) < 4.78 is 11.9. The van der Waals surface area contributed by atoms with E-state index in [9.17, 15) is 14.4 Å². The third kappa shape index (κ3) is 8.65. The molecule has 10 heteroatoms. The van der Waals surface area contributed by atoms with E-state index in [4.69, 9.17) is 14.6 Å². The van der Waals surface area contributed by atoms with Gasteiger partial charge in [0.2, 0.25) is 5.91 Å². The third-order valence-corrected chi connectivity index (χ3v) is 6.37. The summed E-state index contributed by atoms with van der Waals surface area (Å²) in [5, 5.41) is 10.6. The predicted molar refractivity (Wildman–Crippen MR) is 160 cm³/mol. The highest BCUT2D eigenvalue weighted by Crippen LogP contribution is 2.28. The number of carbonyl (C=O) groups excluding carboxylic acids is 3. The first-order valence-electron chi connectivity index (χ1n) is 13.7. The summed E-state index contributed by atoms with van der Waals surface area (Å²) in [4.78, 5) is 39.9. The van der Waals surface area contributed by atoms with Crippen molar-refractivity contribution in [3.63, 3.8) is 0 Å². The molecular weight excluding hydrogens is 522 g/mol. The molecule has 0 bridgehead atoms. The number of hydrogen-bond donors (Lipinski definition) is 2. The molecule has 1 aromatic heterocycles. The molecule has 0 saturated heterocycles. The number of anilines is 2. The van der Waals surface area contributed by atoms with Gasteiger partial charge in [-0.25, -0.2) is 14.3 Å². The van der Waals surface area contributed by atoms with E-state index < -0.39 is 12.0 Å². The van der Waals surface area contributed by atoms with Crippen LogP contribution in [0.5, 0.6) is 0 Å². The van der Waals surface area contributed by atoms with Gasteiger partial charge in [-0.05, 0) is 63.1 Å². The number of hydrogen-bond acceptors (Lipinski definition) is 6. The Balaban J connectivity index is 1.79. The second-order valence-corrected chi connectivity index (χ2v) is 10.9. The minimum atomic E-state index is -0.446. The van der Waals surface area contributed by atoms with Crippen LogP contribution in [-0.4, -0.2) is 66.0 Å². The molecule has 0 aliphatic rings. The fourth-order valence-electron chi connectivity index (χ4n) is 4.18. The quantitative estimate of drug-likeness (QED) is 0.236. The topological polar surface area (TPSA) is 115 Å². The van der Waals surface area contributed by atoms with E-state index >= 15 is 0 Å². The van der Waals surface area contributed by atoms with Gasteiger partial charge in [0.1, 0.15) is 12.4 Å². The molecule has 0 aliphatic carbocycles. The molecule has 2 aromatic carbocycles. The summed E-state index contributed by atoms with van der Waals surface area (Å²) in [5.41, 5.74) is 4.49. The predicted octanol–water partition coefficient (Wildman–Crippen LogP) is 5.47. The molecule has 10 nitrogen and oxygen atoms in total. The fourth-order valence-corrected chi connectivity index (χ4v) is 4.18. The van der Waals surface area contributed by atoms with Crippen LogP contribution >= 0.6 is 0 Å². The monoisotopic (exact) mass is 563 g/mol. The average molecular weight is 564 g/mol. The zero-order chi connectivity index (χ0) is 30.2. The molecule has 3 rings (SSSR count). The van der Waals surface area contributed by atoms with Crippen molar-refractivity contribution < 1.29 is 23.9 Å². The molecule has 3 aromatic rings. The van der Waals surface area contributed by atoms with E-state index in [1.807, 2.05) is 32.0 Å². The first-order chi connectivity index (χ1) is 19.4. The molecule has 0 saturated carbocycles. The number of urea groups is 1. The van der Waals surface area contributed by atoms with Crippen LogP contribution in [0, 0.1) is 13.8 Å². The number of rotatable bonds is 11. The van der Waals surface area contributed by atoms with Gasteiger partial charge in [-0.2, -0.15) is 5.10 Å². The number of nitrogens with one attached hydrogen (secondary N) is 2. The van der Waals surface area contributed by atoms with Crippen molar-refractivity contribution in [1.82, 2.24) is 14.7 Å². The fraction of sp³-hybridized carbons (Fsp3) is 0.419.